The number of carbonyl (C=O) groups is 1. The third-order valence-electron chi connectivity index (χ3n) is 2.34. The van der Waals surface area contributed by atoms with E-state index in [9.17, 15) is 4.79 Å². The van der Waals surface area contributed by atoms with E-state index in [1.807, 2.05) is 24.3 Å². The average molecular weight is 232 g/mol. The molecule has 17 heavy (non-hydrogen) atoms. The monoisotopic (exact) mass is 232 g/mol. The molecule has 1 N–H and O–H groups in total. The molecule has 0 radical (unpaired) electrons. The molecule has 0 atom stereocenters. The lowest BCUT2D eigenvalue weighted by Crippen LogP contribution is -2.17. The Morgan fingerprint density at radius 3 is 2.65 bits per heavy atom. The Morgan fingerprint density at radius 2 is 2.06 bits per heavy atom. The molecule has 0 aliphatic carbocycles. The fourth-order valence-electron chi connectivity index (χ4n) is 1.40. The average Bonchev–Trinajstić information content (AvgIpc) is 2.87. The van der Waals surface area contributed by atoms with Crippen molar-refractivity contribution in [2.75, 3.05) is 14.2 Å². The first-order valence-corrected chi connectivity index (χ1v) is 5.08. The van der Waals surface area contributed by atoms with Crippen LogP contribution in [-0.4, -0.2) is 25.2 Å². The maximum Gasteiger partial charge on any atom is 0.273 e. The minimum Gasteiger partial charge on any atom is -0.497 e. The van der Waals surface area contributed by atoms with Gasteiger partial charge in [0.05, 0.1) is 7.11 Å². The van der Waals surface area contributed by atoms with E-state index in [1.54, 1.807) is 20.2 Å². The van der Waals surface area contributed by atoms with E-state index in [-0.39, 0.29) is 11.6 Å². The molecule has 2 rings (SSSR count). The zero-order chi connectivity index (χ0) is 12.3. The number of methoxy groups -OCH3 is 1. The Balaban J connectivity index is 2.27. The third-order valence-corrected chi connectivity index (χ3v) is 2.34. The van der Waals surface area contributed by atoms with Crippen molar-refractivity contribution in [3.05, 3.63) is 36.0 Å². The lowest BCUT2D eigenvalue weighted by atomic mass is 10.1. The van der Waals surface area contributed by atoms with E-state index >= 15 is 0 Å². The summed E-state index contributed by atoms with van der Waals surface area (Å²) < 4.78 is 10.2. The standard InChI is InChI=1S/C12H12N2O3/c1-13-12(15)10-7-11(17-14-10)8-3-5-9(16-2)6-4-8/h3-7H,1-2H3,(H,13,15). The van der Waals surface area contributed by atoms with Gasteiger partial charge in [0.2, 0.25) is 0 Å². The fourth-order valence-corrected chi connectivity index (χ4v) is 1.40. The molecule has 5 nitrogen and oxygen atoms in total. The molecule has 1 heterocycles. The minimum absolute atomic E-state index is 0.262. The summed E-state index contributed by atoms with van der Waals surface area (Å²) in [5, 5.41) is 6.17. The van der Waals surface area contributed by atoms with Crippen LogP contribution < -0.4 is 10.1 Å². The number of benzene rings is 1. The lowest BCUT2D eigenvalue weighted by Gasteiger charge is -1.99. The first-order chi connectivity index (χ1) is 8.24. The topological polar surface area (TPSA) is 64.4 Å². The van der Waals surface area contributed by atoms with Crippen molar-refractivity contribution in [2.24, 2.45) is 0 Å². The molecule has 0 unspecified atom stereocenters. The van der Waals surface area contributed by atoms with Gasteiger partial charge in [-0.25, -0.2) is 0 Å². The van der Waals surface area contributed by atoms with Crippen molar-refractivity contribution in [1.82, 2.24) is 10.5 Å². The van der Waals surface area contributed by atoms with E-state index in [0.29, 0.717) is 5.76 Å². The summed E-state index contributed by atoms with van der Waals surface area (Å²) in [5.74, 6) is 1.04. The molecule has 1 aromatic carbocycles. The molecule has 0 aliphatic heterocycles. The molecule has 0 aliphatic rings. The van der Waals surface area contributed by atoms with Crippen LogP contribution in [0.5, 0.6) is 5.75 Å². The second-order valence-electron chi connectivity index (χ2n) is 3.38. The van der Waals surface area contributed by atoms with Crippen LogP contribution in [0.1, 0.15) is 10.5 Å². The first kappa shape index (κ1) is 11.2. The van der Waals surface area contributed by atoms with E-state index in [1.165, 1.54) is 0 Å². The molecule has 5 heteroatoms. The summed E-state index contributed by atoms with van der Waals surface area (Å²) in [7, 11) is 3.15. The maximum absolute atomic E-state index is 11.3. The first-order valence-electron chi connectivity index (χ1n) is 5.08. The smallest absolute Gasteiger partial charge is 0.273 e. The molecule has 1 amide bonds. The number of carbonyl (C=O) groups excluding carboxylic acids is 1. The highest BCUT2D eigenvalue weighted by Crippen LogP contribution is 2.22. The second-order valence-corrected chi connectivity index (χ2v) is 3.38. The van der Waals surface area contributed by atoms with Gasteiger partial charge in [-0.3, -0.25) is 4.79 Å². The van der Waals surface area contributed by atoms with Crippen molar-refractivity contribution in [1.29, 1.82) is 0 Å². The second kappa shape index (κ2) is 4.69. The zero-order valence-corrected chi connectivity index (χ0v) is 9.56. The summed E-state index contributed by atoms with van der Waals surface area (Å²) in [6.07, 6.45) is 0. The molecular weight excluding hydrogens is 220 g/mol. The summed E-state index contributed by atoms with van der Waals surface area (Å²) in [6, 6.07) is 8.91. The fraction of sp³-hybridized carbons (Fsp3) is 0.167. The molecule has 0 bridgehead atoms. The third kappa shape index (κ3) is 2.28. The van der Waals surface area contributed by atoms with Gasteiger partial charge >= 0.3 is 0 Å². The van der Waals surface area contributed by atoms with E-state index in [0.717, 1.165) is 11.3 Å². The Kier molecular flexibility index (Phi) is 3.09. The van der Waals surface area contributed by atoms with E-state index < -0.39 is 0 Å². The molecule has 2 aromatic rings. The molecule has 0 spiro atoms. The van der Waals surface area contributed by atoms with Gasteiger partial charge in [-0.05, 0) is 24.3 Å². The molecule has 88 valence electrons. The molecule has 0 saturated heterocycles. The Bertz CT molecular complexity index is 517. The van der Waals surface area contributed by atoms with Crippen molar-refractivity contribution in [2.45, 2.75) is 0 Å². The molecule has 0 saturated carbocycles. The number of rotatable bonds is 3. The Morgan fingerprint density at radius 1 is 1.35 bits per heavy atom. The Hall–Kier alpha value is -2.30. The quantitative estimate of drug-likeness (QED) is 0.874. The number of nitrogens with zero attached hydrogens (tertiary/aromatic N) is 1. The van der Waals surface area contributed by atoms with Crippen LogP contribution in [0.25, 0.3) is 11.3 Å². The van der Waals surface area contributed by atoms with Crippen molar-refractivity contribution >= 4 is 5.91 Å². The van der Waals surface area contributed by atoms with Gasteiger partial charge in [-0.1, -0.05) is 5.16 Å². The van der Waals surface area contributed by atoms with E-state index in [4.69, 9.17) is 9.26 Å². The van der Waals surface area contributed by atoms with E-state index in [2.05, 4.69) is 10.5 Å². The van der Waals surface area contributed by atoms with Crippen molar-refractivity contribution in [3.8, 4) is 17.1 Å². The highest BCUT2D eigenvalue weighted by molar-refractivity contribution is 5.92. The van der Waals surface area contributed by atoms with Gasteiger partial charge in [0, 0.05) is 18.7 Å². The maximum atomic E-state index is 11.3. The summed E-state index contributed by atoms with van der Waals surface area (Å²) >= 11 is 0. The van der Waals surface area contributed by atoms with Gasteiger partial charge in [0.15, 0.2) is 11.5 Å². The number of nitrogens with one attached hydrogen (secondary N) is 1. The van der Waals surface area contributed by atoms with Crippen LogP contribution in [0, 0.1) is 0 Å². The van der Waals surface area contributed by atoms with Crippen LogP contribution in [-0.2, 0) is 0 Å². The molecule has 1 aromatic heterocycles. The molecular formula is C12H12N2O3. The van der Waals surface area contributed by atoms with Crippen LogP contribution in [0.3, 0.4) is 0 Å². The minimum atomic E-state index is -0.270. The molecule has 0 fully saturated rings. The van der Waals surface area contributed by atoms with Gasteiger partial charge in [-0.2, -0.15) is 0 Å². The predicted octanol–water partition coefficient (Wildman–Crippen LogP) is 1.71. The Labute approximate surface area is 98.4 Å². The van der Waals surface area contributed by atoms with Crippen molar-refractivity contribution < 1.29 is 14.1 Å². The largest absolute Gasteiger partial charge is 0.497 e. The number of ether oxygens (including phenoxy) is 1. The van der Waals surface area contributed by atoms with Gasteiger partial charge in [0.1, 0.15) is 5.75 Å². The van der Waals surface area contributed by atoms with Crippen LogP contribution in [0.2, 0.25) is 0 Å². The summed E-state index contributed by atoms with van der Waals surface area (Å²) in [6.45, 7) is 0. The number of hydrogen-bond donors (Lipinski definition) is 1. The van der Waals surface area contributed by atoms with Gasteiger partial charge in [-0.15, -0.1) is 0 Å². The van der Waals surface area contributed by atoms with Crippen LogP contribution in [0.15, 0.2) is 34.9 Å². The SMILES string of the molecule is CNC(=O)c1cc(-c2ccc(OC)cc2)on1. The number of aromatic nitrogens is 1. The summed E-state index contributed by atoms with van der Waals surface area (Å²) in [5.41, 5.74) is 1.10. The highest BCUT2D eigenvalue weighted by Gasteiger charge is 2.11. The summed E-state index contributed by atoms with van der Waals surface area (Å²) in [4.78, 5) is 11.3. The zero-order valence-electron chi connectivity index (χ0n) is 9.56. The van der Waals surface area contributed by atoms with Gasteiger partial charge in [0.25, 0.3) is 5.91 Å². The predicted molar refractivity (Wildman–Crippen MR) is 61.9 cm³/mol. The lowest BCUT2D eigenvalue weighted by molar-refractivity contribution is 0.0954. The normalized spacial score (nSPS) is 10.0. The number of amides is 1. The van der Waals surface area contributed by atoms with Crippen LogP contribution >= 0.6 is 0 Å². The highest BCUT2D eigenvalue weighted by atomic mass is 16.5. The van der Waals surface area contributed by atoms with Gasteiger partial charge < -0.3 is 14.6 Å². The van der Waals surface area contributed by atoms with Crippen LogP contribution in [0.4, 0.5) is 0 Å². The number of hydrogen-bond acceptors (Lipinski definition) is 4. The van der Waals surface area contributed by atoms with Crippen molar-refractivity contribution in [3.63, 3.8) is 0 Å².